The van der Waals surface area contributed by atoms with Crippen LogP contribution in [-0.4, -0.2) is 30.1 Å². The van der Waals surface area contributed by atoms with E-state index in [9.17, 15) is 4.79 Å². The van der Waals surface area contributed by atoms with Crippen molar-refractivity contribution in [3.8, 4) is 0 Å². The highest BCUT2D eigenvalue weighted by molar-refractivity contribution is 6.33. The summed E-state index contributed by atoms with van der Waals surface area (Å²) in [4.78, 5) is 15.8. The van der Waals surface area contributed by atoms with Gasteiger partial charge in [0.25, 0.3) is 5.91 Å². The molecule has 5 nitrogen and oxygen atoms in total. The van der Waals surface area contributed by atoms with E-state index >= 15 is 0 Å². The highest BCUT2D eigenvalue weighted by Gasteiger charge is 2.19. The lowest BCUT2D eigenvalue weighted by atomic mass is 10.1. The summed E-state index contributed by atoms with van der Waals surface area (Å²) >= 11 is 5.90. The van der Waals surface area contributed by atoms with Gasteiger partial charge in [-0.1, -0.05) is 11.6 Å². The Labute approximate surface area is 104 Å². The fraction of sp³-hybridized carbons (Fsp3) is 0.455. The van der Waals surface area contributed by atoms with Crippen molar-refractivity contribution in [2.24, 2.45) is 0 Å². The van der Waals surface area contributed by atoms with Gasteiger partial charge in [-0.15, -0.1) is 0 Å². The van der Waals surface area contributed by atoms with Crippen molar-refractivity contribution in [3.05, 3.63) is 22.8 Å². The number of carbonyl (C=O) groups excluding carboxylic acids is 1. The molecule has 0 aromatic carbocycles. The quantitative estimate of drug-likeness (QED) is 0.833. The first-order valence-corrected chi connectivity index (χ1v) is 5.85. The Hall–Kier alpha value is -1.33. The zero-order valence-electron chi connectivity index (χ0n) is 9.28. The van der Waals surface area contributed by atoms with E-state index < -0.39 is 0 Å². The molecule has 0 saturated carbocycles. The molecule has 0 spiro atoms. The molecular formula is C11H14ClN3O2. The minimum Gasteiger partial charge on any atom is -0.384 e. The lowest BCUT2D eigenvalue weighted by Crippen LogP contribution is -2.41. The number of aromatic nitrogens is 1. The second kappa shape index (κ2) is 5.33. The number of hydrogen-bond donors (Lipinski definition) is 2. The number of carbonyl (C=O) groups is 1. The Bertz CT molecular complexity index is 419. The van der Waals surface area contributed by atoms with Gasteiger partial charge in [0, 0.05) is 6.61 Å². The molecule has 1 aliphatic heterocycles. The van der Waals surface area contributed by atoms with Gasteiger partial charge in [-0.3, -0.25) is 4.79 Å². The monoisotopic (exact) mass is 255 g/mol. The number of rotatable bonds is 2. The molecule has 1 fully saturated rings. The highest BCUT2D eigenvalue weighted by atomic mass is 35.5. The largest absolute Gasteiger partial charge is 0.384 e. The summed E-state index contributed by atoms with van der Waals surface area (Å²) < 4.78 is 5.28. The molecule has 1 aromatic rings. The van der Waals surface area contributed by atoms with E-state index in [1.807, 2.05) is 0 Å². The third-order valence-electron chi connectivity index (χ3n) is 2.58. The van der Waals surface area contributed by atoms with E-state index in [2.05, 4.69) is 10.3 Å². The van der Waals surface area contributed by atoms with Crippen LogP contribution in [-0.2, 0) is 4.74 Å². The number of nitrogen functional groups attached to an aromatic ring is 1. The molecule has 2 rings (SSSR count). The zero-order valence-corrected chi connectivity index (χ0v) is 10.0. The summed E-state index contributed by atoms with van der Waals surface area (Å²) in [6, 6.07) is 3.15. The molecule has 0 radical (unpaired) electrons. The molecule has 1 atom stereocenters. The molecule has 1 aliphatic rings. The average Bonchev–Trinajstić information content (AvgIpc) is 2.33. The number of nitrogens with two attached hydrogens (primary N) is 1. The van der Waals surface area contributed by atoms with Crippen LogP contribution in [0, 0.1) is 0 Å². The summed E-state index contributed by atoms with van der Waals surface area (Å²) in [6.07, 6.45) is 1.86. The van der Waals surface area contributed by atoms with Crippen molar-refractivity contribution in [1.29, 1.82) is 0 Å². The lowest BCUT2D eigenvalue weighted by molar-refractivity contribution is 0.0622. The van der Waals surface area contributed by atoms with Gasteiger partial charge >= 0.3 is 0 Å². The van der Waals surface area contributed by atoms with Crippen molar-refractivity contribution >= 4 is 23.3 Å². The van der Waals surface area contributed by atoms with Crippen molar-refractivity contribution in [3.63, 3.8) is 0 Å². The maximum Gasteiger partial charge on any atom is 0.271 e. The summed E-state index contributed by atoms with van der Waals surface area (Å²) in [5.74, 6) is -0.0303. The van der Waals surface area contributed by atoms with Gasteiger partial charge in [0.05, 0.1) is 17.7 Å². The van der Waals surface area contributed by atoms with Crippen molar-refractivity contribution in [1.82, 2.24) is 10.3 Å². The summed E-state index contributed by atoms with van der Waals surface area (Å²) in [5, 5.41) is 3.14. The van der Waals surface area contributed by atoms with Crippen LogP contribution in [0.4, 0.5) is 5.82 Å². The summed E-state index contributed by atoms with van der Waals surface area (Å²) in [7, 11) is 0. The van der Waals surface area contributed by atoms with Crippen LogP contribution < -0.4 is 11.1 Å². The predicted octanol–water partition coefficient (Wildman–Crippen LogP) is 1.23. The van der Waals surface area contributed by atoms with Crippen LogP contribution in [0.2, 0.25) is 5.02 Å². The molecule has 3 N–H and O–H groups in total. The number of nitrogens with one attached hydrogen (secondary N) is 1. The van der Waals surface area contributed by atoms with Crippen LogP contribution in [0.3, 0.4) is 0 Å². The predicted molar refractivity (Wildman–Crippen MR) is 65.0 cm³/mol. The number of amides is 1. The second-order valence-corrected chi connectivity index (χ2v) is 4.36. The Kier molecular flexibility index (Phi) is 3.81. The number of ether oxygens (including phenoxy) is 1. The van der Waals surface area contributed by atoms with Crippen LogP contribution in [0.15, 0.2) is 12.1 Å². The highest BCUT2D eigenvalue weighted by Crippen LogP contribution is 2.16. The molecule has 92 valence electrons. The summed E-state index contributed by atoms with van der Waals surface area (Å²) in [5.41, 5.74) is 5.69. The lowest BCUT2D eigenvalue weighted by Gasteiger charge is -2.23. The molecule has 0 bridgehead atoms. The van der Waals surface area contributed by atoms with Gasteiger partial charge in [0.2, 0.25) is 0 Å². The van der Waals surface area contributed by atoms with Gasteiger partial charge < -0.3 is 15.8 Å². The molecule has 1 amide bonds. The molecule has 1 aromatic heterocycles. The number of anilines is 1. The Balaban J connectivity index is 2.05. The molecule has 0 aliphatic carbocycles. The van der Waals surface area contributed by atoms with Gasteiger partial charge in [-0.05, 0) is 25.0 Å². The van der Waals surface area contributed by atoms with Gasteiger partial charge in [-0.25, -0.2) is 4.98 Å². The molecule has 17 heavy (non-hydrogen) atoms. The first-order chi connectivity index (χ1) is 8.16. The number of halogens is 1. The minimum atomic E-state index is -0.308. The fourth-order valence-electron chi connectivity index (χ4n) is 1.72. The topological polar surface area (TPSA) is 77.2 Å². The standard InChI is InChI=1S/C11H14ClN3O2/c12-8-3-4-9(13)15-10(8)11(16)14-7-2-1-5-17-6-7/h3-4,7H,1-2,5-6H2,(H2,13,15)(H,14,16). The van der Waals surface area contributed by atoms with E-state index in [0.717, 1.165) is 19.4 Å². The molecular weight excluding hydrogens is 242 g/mol. The van der Waals surface area contributed by atoms with Crippen molar-refractivity contribution in [2.45, 2.75) is 18.9 Å². The smallest absolute Gasteiger partial charge is 0.271 e. The van der Waals surface area contributed by atoms with Crippen molar-refractivity contribution in [2.75, 3.05) is 18.9 Å². The van der Waals surface area contributed by atoms with Gasteiger partial charge in [0.1, 0.15) is 11.5 Å². The Morgan fingerprint density at radius 2 is 2.41 bits per heavy atom. The first-order valence-electron chi connectivity index (χ1n) is 5.47. The number of hydrogen-bond acceptors (Lipinski definition) is 4. The van der Waals surface area contributed by atoms with Crippen LogP contribution in [0.5, 0.6) is 0 Å². The molecule has 6 heteroatoms. The van der Waals surface area contributed by atoms with Crippen LogP contribution >= 0.6 is 11.6 Å². The first kappa shape index (κ1) is 12.1. The van der Waals surface area contributed by atoms with E-state index in [-0.39, 0.29) is 23.5 Å². The van der Waals surface area contributed by atoms with E-state index in [0.29, 0.717) is 11.6 Å². The number of nitrogens with zero attached hydrogens (tertiary/aromatic N) is 1. The zero-order chi connectivity index (χ0) is 12.3. The maximum atomic E-state index is 11.9. The summed E-state index contributed by atoms with van der Waals surface area (Å²) in [6.45, 7) is 1.29. The van der Waals surface area contributed by atoms with E-state index in [1.54, 1.807) is 12.1 Å². The molecule has 1 unspecified atom stereocenters. The fourth-order valence-corrected chi connectivity index (χ4v) is 1.92. The number of pyridine rings is 1. The average molecular weight is 256 g/mol. The second-order valence-electron chi connectivity index (χ2n) is 3.95. The van der Waals surface area contributed by atoms with E-state index in [1.165, 1.54) is 0 Å². The Morgan fingerprint density at radius 1 is 1.59 bits per heavy atom. The van der Waals surface area contributed by atoms with Crippen molar-refractivity contribution < 1.29 is 9.53 Å². The van der Waals surface area contributed by atoms with E-state index in [4.69, 9.17) is 22.1 Å². The third kappa shape index (κ3) is 3.08. The SMILES string of the molecule is Nc1ccc(Cl)c(C(=O)NC2CCCOC2)n1. The third-order valence-corrected chi connectivity index (χ3v) is 2.88. The van der Waals surface area contributed by atoms with Gasteiger partial charge in [0.15, 0.2) is 0 Å². The molecule has 1 saturated heterocycles. The van der Waals surface area contributed by atoms with Crippen LogP contribution in [0.25, 0.3) is 0 Å². The molecule has 2 heterocycles. The maximum absolute atomic E-state index is 11.9. The Morgan fingerprint density at radius 3 is 3.12 bits per heavy atom. The van der Waals surface area contributed by atoms with Crippen LogP contribution in [0.1, 0.15) is 23.3 Å². The van der Waals surface area contributed by atoms with Gasteiger partial charge in [-0.2, -0.15) is 0 Å². The normalized spacial score (nSPS) is 19.9. The minimum absolute atomic E-state index is 0.0237.